The first-order valence-electron chi connectivity index (χ1n) is 14.1. The predicted octanol–water partition coefficient (Wildman–Crippen LogP) is 1.32. The van der Waals surface area contributed by atoms with Crippen molar-refractivity contribution in [3.05, 3.63) is 51.0 Å². The molecule has 0 unspecified atom stereocenters. The third-order valence-electron chi connectivity index (χ3n) is 9.21. The van der Waals surface area contributed by atoms with Crippen LogP contribution in [0, 0.1) is 11.8 Å². The van der Waals surface area contributed by atoms with Crippen molar-refractivity contribution in [1.82, 2.24) is 15.1 Å². The molecule has 1 amide bonds. The van der Waals surface area contributed by atoms with Crippen LogP contribution >= 0.6 is 0 Å². The van der Waals surface area contributed by atoms with Crippen LogP contribution < -0.4 is 11.1 Å². The van der Waals surface area contributed by atoms with Gasteiger partial charge >= 0.3 is 6.18 Å². The zero-order valence-corrected chi connectivity index (χ0v) is 23.8. The van der Waals surface area contributed by atoms with Gasteiger partial charge < -0.3 is 36.4 Å². The van der Waals surface area contributed by atoms with Crippen LogP contribution in [0.1, 0.15) is 46.3 Å². The van der Waals surface area contributed by atoms with Crippen LogP contribution in [0.15, 0.2) is 28.7 Å². The molecule has 43 heavy (non-hydrogen) atoms. The van der Waals surface area contributed by atoms with E-state index >= 15 is 0 Å². The molecule has 0 radical (unpaired) electrons. The first kappa shape index (κ1) is 31.0. The summed E-state index contributed by atoms with van der Waals surface area (Å²) < 4.78 is 43.8. The monoisotopic (exact) mass is 608 g/mol. The van der Waals surface area contributed by atoms with E-state index in [4.69, 9.17) is 5.73 Å². The van der Waals surface area contributed by atoms with E-state index in [-0.39, 0.29) is 18.5 Å². The average Bonchev–Trinajstić information content (AvgIpc) is 3.41. The number of aliphatic hydroxyl groups is 3. The van der Waals surface area contributed by atoms with Crippen LogP contribution in [0.3, 0.4) is 0 Å². The van der Waals surface area contributed by atoms with Gasteiger partial charge in [0.1, 0.15) is 22.8 Å². The average molecular weight is 609 g/mol. The van der Waals surface area contributed by atoms with Crippen molar-refractivity contribution in [3.63, 3.8) is 0 Å². The summed E-state index contributed by atoms with van der Waals surface area (Å²) >= 11 is 0. The van der Waals surface area contributed by atoms with Crippen LogP contribution in [0.2, 0.25) is 0 Å². The summed E-state index contributed by atoms with van der Waals surface area (Å²) in [6, 6.07) is -0.368. The van der Waals surface area contributed by atoms with Gasteiger partial charge in [0.05, 0.1) is 17.2 Å². The topological polar surface area (TPSA) is 177 Å². The van der Waals surface area contributed by atoms with E-state index < -0.39 is 98.7 Å². The lowest BCUT2D eigenvalue weighted by Crippen LogP contribution is -2.63. The summed E-state index contributed by atoms with van der Waals surface area (Å²) in [7, 11) is 2.94. The smallest absolute Gasteiger partial charge is 0.417 e. The molecule has 1 aromatic carbocycles. The van der Waals surface area contributed by atoms with Crippen molar-refractivity contribution >= 4 is 17.5 Å². The third kappa shape index (κ3) is 4.89. The van der Waals surface area contributed by atoms with Gasteiger partial charge in [0, 0.05) is 31.1 Å². The number of amides is 1. The molecule has 3 aliphatic carbocycles. The normalized spacial score (nSPS) is 27.9. The maximum atomic E-state index is 14.6. The van der Waals surface area contributed by atoms with E-state index in [1.54, 1.807) is 0 Å². The maximum Gasteiger partial charge on any atom is 0.417 e. The molecule has 1 aromatic rings. The van der Waals surface area contributed by atoms with Crippen molar-refractivity contribution < 1.29 is 48.0 Å². The Morgan fingerprint density at radius 1 is 1.19 bits per heavy atom. The maximum absolute atomic E-state index is 14.6. The Kier molecular flexibility index (Phi) is 7.86. The number of alkyl halides is 3. The Labute approximate surface area is 245 Å². The van der Waals surface area contributed by atoms with Crippen LogP contribution in [-0.4, -0.2) is 99.6 Å². The molecule has 1 aliphatic heterocycles. The summed E-state index contributed by atoms with van der Waals surface area (Å²) in [6.45, 7) is 2.71. The molecule has 11 nitrogen and oxygen atoms in total. The predicted molar refractivity (Wildman–Crippen MR) is 146 cm³/mol. The number of primary amides is 1. The van der Waals surface area contributed by atoms with Gasteiger partial charge in [-0.15, -0.1) is 0 Å². The molecule has 0 bridgehead atoms. The van der Waals surface area contributed by atoms with Crippen molar-refractivity contribution in [2.45, 2.75) is 50.0 Å². The number of rotatable bonds is 7. The molecule has 4 aliphatic rings. The number of ketones is 2. The minimum Gasteiger partial charge on any atom is -0.510 e. The number of carbonyl (C=O) groups excluding carboxylic acids is 3. The van der Waals surface area contributed by atoms with Crippen molar-refractivity contribution in [2.75, 3.05) is 40.3 Å². The molecule has 1 fully saturated rings. The molecule has 14 heteroatoms. The zero-order valence-electron chi connectivity index (χ0n) is 23.8. The quantitative estimate of drug-likeness (QED) is 0.196. The number of likely N-dealkylation sites (N-methyl/N-ethyl adjacent to an activating group) is 1. The van der Waals surface area contributed by atoms with Gasteiger partial charge in [0.25, 0.3) is 5.91 Å². The Morgan fingerprint density at radius 3 is 2.42 bits per heavy atom. The summed E-state index contributed by atoms with van der Waals surface area (Å²) in [5.41, 5.74) is -1.46. The number of phenolic OH excluding ortho intramolecular Hbond substituents is 1. The third-order valence-corrected chi connectivity index (χ3v) is 9.21. The SMILES string of the molecule is CN(C)[C@@H]1C(O)=C(C(N)=O)C(=O)[C@@]2(O)C(O)=C3C(=O)c4c(O)cc(CNCCN5CCCC5)c(C(F)(F)F)c4C[C@H]3C[C@@H]12. The molecule has 0 saturated carbocycles. The fraction of sp³-hybridized carbons (Fsp3) is 0.552. The van der Waals surface area contributed by atoms with E-state index in [0.717, 1.165) is 32.0 Å². The second-order valence-corrected chi connectivity index (χ2v) is 12.0. The van der Waals surface area contributed by atoms with Gasteiger partial charge in [0.2, 0.25) is 5.78 Å². The lowest BCUT2D eigenvalue weighted by Gasteiger charge is -2.50. The number of nitrogens with zero attached hydrogens (tertiary/aromatic N) is 2. The van der Waals surface area contributed by atoms with E-state index in [1.807, 2.05) is 0 Å². The van der Waals surface area contributed by atoms with Crippen molar-refractivity contribution in [1.29, 1.82) is 0 Å². The number of phenols is 1. The first-order valence-corrected chi connectivity index (χ1v) is 14.1. The number of halogens is 3. The summed E-state index contributed by atoms with van der Waals surface area (Å²) in [5, 5.41) is 47.6. The molecule has 5 rings (SSSR count). The lowest BCUT2D eigenvalue weighted by atomic mass is 9.58. The van der Waals surface area contributed by atoms with Gasteiger partial charge in [-0.1, -0.05) is 0 Å². The number of nitrogens with two attached hydrogens (primary N) is 1. The molecule has 0 aromatic heterocycles. The molecule has 1 saturated heterocycles. The number of hydrogen-bond acceptors (Lipinski definition) is 10. The molecular weight excluding hydrogens is 573 g/mol. The molecule has 1 heterocycles. The minimum absolute atomic E-state index is 0.218. The van der Waals surface area contributed by atoms with Crippen molar-refractivity contribution in [2.24, 2.45) is 17.6 Å². The standard InChI is InChI=1S/C29H35F3N4O7/c1-35(2)22-16-10-13-9-15-19(23(38)18(13)25(40)28(16,43)26(41)20(24(22)39)27(33)42)17(37)11-14(21(15)29(30,31)32)12-34-5-8-36-6-3-4-7-36/h11,13,16,22,34,37,39-40,43H,3-10,12H2,1-2H3,(H2,33,42)/t13-,16-,22-,28-/m0/s1. The number of carbonyl (C=O) groups is 3. The fourth-order valence-electron chi connectivity index (χ4n) is 7.35. The number of benzene rings is 1. The minimum atomic E-state index is -4.90. The van der Waals surface area contributed by atoms with Gasteiger partial charge in [-0.05, 0) is 76.0 Å². The highest BCUT2D eigenvalue weighted by Crippen LogP contribution is 2.53. The highest BCUT2D eigenvalue weighted by atomic mass is 19.4. The van der Waals surface area contributed by atoms with Gasteiger partial charge in [-0.2, -0.15) is 13.2 Å². The number of allylic oxidation sites excluding steroid dienone is 1. The van der Waals surface area contributed by atoms with E-state index in [9.17, 15) is 48.0 Å². The molecule has 7 N–H and O–H groups in total. The van der Waals surface area contributed by atoms with Crippen LogP contribution in [0.25, 0.3) is 0 Å². The Bertz CT molecular complexity index is 1450. The number of aromatic hydroxyl groups is 1. The number of fused-ring (bicyclic) bond motifs is 3. The largest absolute Gasteiger partial charge is 0.510 e. The number of likely N-dealkylation sites (tertiary alicyclic amines) is 1. The van der Waals surface area contributed by atoms with Crippen molar-refractivity contribution in [3.8, 4) is 5.75 Å². The Hall–Kier alpha value is -3.46. The summed E-state index contributed by atoms with van der Waals surface area (Å²) in [5.74, 6) is -9.01. The van der Waals surface area contributed by atoms with Crippen LogP contribution in [0.5, 0.6) is 5.75 Å². The summed E-state index contributed by atoms with van der Waals surface area (Å²) in [4.78, 5) is 42.7. The second kappa shape index (κ2) is 10.9. The fourth-order valence-corrected chi connectivity index (χ4v) is 7.35. The first-order chi connectivity index (χ1) is 20.1. The van der Waals surface area contributed by atoms with E-state index in [2.05, 4.69) is 10.2 Å². The number of nitrogens with one attached hydrogen (secondary N) is 1. The van der Waals surface area contributed by atoms with E-state index in [1.165, 1.54) is 19.0 Å². The lowest BCUT2D eigenvalue weighted by molar-refractivity contribution is -0.148. The zero-order chi connectivity index (χ0) is 31.6. The number of aliphatic hydroxyl groups excluding tert-OH is 2. The number of hydrogen-bond donors (Lipinski definition) is 6. The van der Waals surface area contributed by atoms with Crippen LogP contribution in [-0.2, 0) is 28.7 Å². The van der Waals surface area contributed by atoms with Gasteiger partial charge in [-0.3, -0.25) is 19.3 Å². The Morgan fingerprint density at radius 2 is 1.84 bits per heavy atom. The summed E-state index contributed by atoms with van der Waals surface area (Å²) in [6.07, 6.45) is -3.50. The van der Waals surface area contributed by atoms with Crippen LogP contribution in [0.4, 0.5) is 13.2 Å². The molecule has 0 spiro atoms. The molecular formula is C29H35F3N4O7. The Balaban J connectivity index is 1.58. The van der Waals surface area contributed by atoms with Gasteiger partial charge in [-0.25, -0.2) is 0 Å². The highest BCUT2D eigenvalue weighted by Gasteiger charge is 2.63. The molecule has 234 valence electrons. The second-order valence-electron chi connectivity index (χ2n) is 12.0. The van der Waals surface area contributed by atoms with E-state index in [0.29, 0.717) is 13.1 Å². The van der Waals surface area contributed by atoms with Gasteiger partial charge in [0.15, 0.2) is 11.4 Å². The highest BCUT2D eigenvalue weighted by molar-refractivity contribution is 6.24. The molecule has 4 atom stereocenters. The number of Topliss-reactive ketones (excluding diaryl/α,β-unsaturated/α-hetero) is 2.